The van der Waals surface area contributed by atoms with Crippen LogP contribution in [0.5, 0.6) is 0 Å². The molecule has 79 valence electrons. The maximum absolute atomic E-state index is 13.1. The van der Waals surface area contributed by atoms with E-state index < -0.39 is 11.6 Å². The van der Waals surface area contributed by atoms with Gasteiger partial charge in [0.05, 0.1) is 5.56 Å². The predicted molar refractivity (Wildman–Crippen MR) is 51.3 cm³/mol. The molecule has 2 rings (SSSR count). The molecule has 0 saturated heterocycles. The van der Waals surface area contributed by atoms with Crippen LogP contribution in [0.3, 0.4) is 0 Å². The van der Waals surface area contributed by atoms with Crippen LogP contribution in [-0.4, -0.2) is 6.21 Å². The number of hydrogen-bond donors (Lipinski definition) is 0. The monoisotopic (exact) mass is 210 g/mol. The van der Waals surface area contributed by atoms with Crippen molar-refractivity contribution in [3.63, 3.8) is 0 Å². The lowest BCUT2D eigenvalue weighted by Crippen LogP contribution is -1.96. The first kappa shape index (κ1) is 10.1. The van der Waals surface area contributed by atoms with E-state index in [2.05, 4.69) is 11.4 Å². The highest BCUT2D eigenvalue weighted by Gasteiger charge is 2.19. The number of rotatable bonds is 4. The average molecular weight is 210 g/mol. The summed E-state index contributed by atoms with van der Waals surface area (Å²) < 4.78 is 26.1. The Labute approximate surface area is 86.5 Å². The normalized spacial score (nSPS) is 15.9. The first-order valence-electron chi connectivity index (χ1n) is 4.78. The first-order chi connectivity index (χ1) is 7.27. The summed E-state index contributed by atoms with van der Waals surface area (Å²) in [5.41, 5.74) is -0.0983. The number of halogens is 2. The Morgan fingerprint density at radius 1 is 1.33 bits per heavy atom. The van der Waals surface area contributed by atoms with E-state index in [9.17, 15) is 8.78 Å². The minimum atomic E-state index is -0.614. The van der Waals surface area contributed by atoms with E-state index in [1.54, 1.807) is 0 Å². The highest BCUT2D eigenvalue weighted by molar-refractivity contribution is 5.62. The van der Waals surface area contributed by atoms with E-state index >= 15 is 0 Å². The molecule has 1 aliphatic rings. The topological polar surface area (TPSA) is 21.6 Å². The summed E-state index contributed by atoms with van der Waals surface area (Å²) >= 11 is 0. The van der Waals surface area contributed by atoms with E-state index in [1.165, 1.54) is 18.2 Å². The van der Waals surface area contributed by atoms with Crippen LogP contribution in [0.2, 0.25) is 0 Å². The van der Waals surface area contributed by atoms with Crippen LogP contribution >= 0.6 is 0 Å². The van der Waals surface area contributed by atoms with Crippen molar-refractivity contribution in [1.29, 1.82) is 0 Å². The van der Waals surface area contributed by atoms with Crippen molar-refractivity contribution in [3.8, 4) is 0 Å². The maximum atomic E-state index is 13.1. The van der Waals surface area contributed by atoms with Crippen molar-refractivity contribution in [2.75, 3.05) is 0 Å². The number of hydrogen-bond acceptors (Lipinski definition) is 2. The molecule has 0 bridgehead atoms. The van der Waals surface area contributed by atoms with Gasteiger partial charge in [-0.25, -0.2) is 8.78 Å². The Hall–Kier alpha value is -1.45. The lowest BCUT2D eigenvalue weighted by atomic mass is 10.2. The summed E-state index contributed by atoms with van der Waals surface area (Å²) in [6.07, 6.45) is 4.86. The third kappa shape index (κ3) is 2.75. The lowest BCUT2D eigenvalue weighted by molar-refractivity contribution is 0.126. The summed E-state index contributed by atoms with van der Waals surface area (Å²) in [5, 5.41) is 3.53. The van der Waals surface area contributed by atoms with Gasteiger partial charge in [0.15, 0.2) is 0 Å². The molecule has 0 spiro atoms. The summed E-state index contributed by atoms with van der Waals surface area (Å²) in [4.78, 5) is 4.77. The fourth-order valence-electron chi connectivity index (χ4n) is 1.09. The molecule has 0 N–H and O–H groups in total. The second-order valence-electron chi connectivity index (χ2n) is 3.47. The molecular weight excluding hydrogens is 200 g/mol. The molecule has 15 heavy (non-hydrogen) atoms. The van der Waals surface area contributed by atoms with Gasteiger partial charge in [-0.3, -0.25) is 0 Å². The first-order valence-corrected chi connectivity index (χ1v) is 4.78. The van der Waals surface area contributed by atoms with Gasteiger partial charge in [-0.1, -0.05) is 11.2 Å². The Bertz CT molecular complexity index is 355. The molecule has 0 aromatic heterocycles. The van der Waals surface area contributed by atoms with Crippen LogP contribution in [0.15, 0.2) is 23.4 Å². The molecule has 1 radical (unpaired) electrons. The minimum absolute atomic E-state index is 0.0983. The van der Waals surface area contributed by atoms with E-state index in [0.29, 0.717) is 5.92 Å². The number of benzene rings is 1. The van der Waals surface area contributed by atoms with Gasteiger partial charge >= 0.3 is 0 Å². The second-order valence-corrected chi connectivity index (χ2v) is 3.47. The molecule has 1 aromatic carbocycles. The molecule has 2 nitrogen and oxygen atoms in total. The van der Waals surface area contributed by atoms with Crippen molar-refractivity contribution in [1.82, 2.24) is 0 Å². The van der Waals surface area contributed by atoms with Crippen molar-refractivity contribution < 1.29 is 13.6 Å². The van der Waals surface area contributed by atoms with Gasteiger partial charge in [-0.15, -0.1) is 0 Å². The van der Waals surface area contributed by atoms with E-state index in [-0.39, 0.29) is 12.2 Å². The van der Waals surface area contributed by atoms with Crippen molar-refractivity contribution in [3.05, 3.63) is 35.4 Å². The Balaban J connectivity index is 1.91. The third-order valence-corrected chi connectivity index (χ3v) is 2.15. The van der Waals surface area contributed by atoms with Gasteiger partial charge in [-0.05, 0) is 25.0 Å². The molecule has 1 fully saturated rings. The van der Waals surface area contributed by atoms with Crippen LogP contribution < -0.4 is 0 Å². The molecule has 1 saturated carbocycles. The Morgan fingerprint density at radius 2 is 2.00 bits per heavy atom. The molecule has 1 aliphatic carbocycles. The molecule has 0 atom stereocenters. The van der Waals surface area contributed by atoms with E-state index in [4.69, 9.17) is 4.84 Å². The highest BCUT2D eigenvalue weighted by atomic mass is 19.1. The molecular formula is C11H10F2NO. The molecule has 1 aromatic rings. The van der Waals surface area contributed by atoms with Gasteiger partial charge in [-0.2, -0.15) is 0 Å². The lowest BCUT2D eigenvalue weighted by Gasteiger charge is -2.02. The zero-order valence-electron chi connectivity index (χ0n) is 8.04. The van der Waals surface area contributed by atoms with Crippen molar-refractivity contribution in [2.24, 2.45) is 11.1 Å². The summed E-state index contributed by atoms with van der Waals surface area (Å²) in [5.74, 6) is -0.858. The fraction of sp³-hybridized carbons (Fsp3) is 0.364. The van der Waals surface area contributed by atoms with Gasteiger partial charge in [0, 0.05) is 5.92 Å². The van der Waals surface area contributed by atoms with Crippen LogP contribution in [0, 0.1) is 17.6 Å². The molecule has 0 heterocycles. The molecule has 4 heteroatoms. The zero-order chi connectivity index (χ0) is 10.7. The predicted octanol–water partition coefficient (Wildman–Crippen LogP) is 2.75. The minimum Gasteiger partial charge on any atom is -0.390 e. The van der Waals surface area contributed by atoms with Gasteiger partial charge in [0.2, 0.25) is 0 Å². The molecule has 0 amide bonds. The Kier molecular flexibility index (Phi) is 2.94. The van der Waals surface area contributed by atoms with Crippen molar-refractivity contribution in [2.45, 2.75) is 19.4 Å². The smallest absolute Gasteiger partial charge is 0.148 e. The summed E-state index contributed by atoms with van der Waals surface area (Å²) in [6, 6.07) is 3.69. The van der Waals surface area contributed by atoms with E-state index in [1.807, 2.05) is 0 Å². The highest BCUT2D eigenvalue weighted by Crippen LogP contribution is 2.26. The van der Waals surface area contributed by atoms with Crippen LogP contribution in [0.4, 0.5) is 8.78 Å². The maximum Gasteiger partial charge on any atom is 0.148 e. The second kappa shape index (κ2) is 4.38. The SMILES string of the molecule is Fc1cccc(F)c1CO/N=[C]\C1CC1. The van der Waals surface area contributed by atoms with Gasteiger partial charge < -0.3 is 4.84 Å². The fourth-order valence-corrected chi connectivity index (χ4v) is 1.09. The van der Waals surface area contributed by atoms with Crippen molar-refractivity contribution >= 4 is 6.21 Å². The standard InChI is InChI=1S/C11H10F2NO/c12-10-2-1-3-11(13)9(10)7-15-14-6-8-4-5-8/h1-3,8H,4-5,7H2. The molecule has 0 aliphatic heterocycles. The van der Waals surface area contributed by atoms with Crippen LogP contribution in [-0.2, 0) is 11.4 Å². The summed E-state index contributed by atoms with van der Waals surface area (Å²) in [6.45, 7) is -0.196. The van der Waals surface area contributed by atoms with E-state index in [0.717, 1.165) is 12.8 Å². The largest absolute Gasteiger partial charge is 0.390 e. The molecule has 0 unspecified atom stereocenters. The number of nitrogens with zero attached hydrogens (tertiary/aromatic N) is 1. The van der Waals surface area contributed by atoms with Gasteiger partial charge in [0.1, 0.15) is 24.5 Å². The quantitative estimate of drug-likeness (QED) is 0.553. The third-order valence-electron chi connectivity index (χ3n) is 2.15. The van der Waals surface area contributed by atoms with Gasteiger partial charge in [0.25, 0.3) is 0 Å². The zero-order valence-corrected chi connectivity index (χ0v) is 8.04. The van der Waals surface area contributed by atoms with Crippen LogP contribution in [0.1, 0.15) is 18.4 Å². The average Bonchev–Trinajstić information content (AvgIpc) is 3.00. The summed E-state index contributed by atoms with van der Waals surface area (Å²) in [7, 11) is 0. The Morgan fingerprint density at radius 3 is 2.60 bits per heavy atom. The van der Waals surface area contributed by atoms with Crippen LogP contribution in [0.25, 0.3) is 0 Å².